The van der Waals surface area contributed by atoms with E-state index in [-0.39, 0.29) is 31.6 Å². The van der Waals surface area contributed by atoms with Crippen LogP contribution in [-0.2, 0) is 4.79 Å². The number of hydrogen-bond donors (Lipinski definition) is 2. The third-order valence-electron chi connectivity index (χ3n) is 3.08. The lowest BCUT2D eigenvalue weighted by molar-refractivity contribution is -0.116. The van der Waals surface area contributed by atoms with Crippen LogP contribution < -0.4 is 20.1 Å². The Bertz CT molecular complexity index is 685. The average molecular weight is 318 g/mol. The van der Waals surface area contributed by atoms with Gasteiger partial charge >= 0.3 is 0 Å². The van der Waals surface area contributed by atoms with E-state index < -0.39 is 0 Å². The van der Waals surface area contributed by atoms with Gasteiger partial charge in [0.25, 0.3) is 5.91 Å². The molecular weight excluding hydrogens is 304 g/mol. The van der Waals surface area contributed by atoms with Crippen LogP contribution in [0.2, 0.25) is 0 Å². The molecule has 0 aliphatic carbocycles. The molecule has 0 saturated heterocycles. The topological polar surface area (TPSA) is 76.7 Å². The Morgan fingerprint density at radius 2 is 2.05 bits per heavy atom. The largest absolute Gasteiger partial charge is 0.454 e. The Balaban J connectivity index is 1.45. The van der Waals surface area contributed by atoms with E-state index in [0.29, 0.717) is 22.7 Å². The molecule has 114 valence electrons. The zero-order chi connectivity index (χ0) is 15.4. The zero-order valence-electron chi connectivity index (χ0n) is 11.6. The van der Waals surface area contributed by atoms with Gasteiger partial charge in [0, 0.05) is 35.7 Å². The third-order valence-corrected chi connectivity index (χ3v) is 3.76. The van der Waals surface area contributed by atoms with Crippen molar-refractivity contribution < 1.29 is 19.1 Å². The van der Waals surface area contributed by atoms with Crippen LogP contribution in [0.3, 0.4) is 0 Å². The van der Waals surface area contributed by atoms with E-state index in [1.807, 2.05) is 5.38 Å². The summed E-state index contributed by atoms with van der Waals surface area (Å²) in [6.45, 7) is 0.479. The first kappa shape index (κ1) is 14.4. The average Bonchev–Trinajstić information content (AvgIpc) is 3.18. The lowest BCUT2D eigenvalue weighted by Gasteiger charge is -2.07. The summed E-state index contributed by atoms with van der Waals surface area (Å²) in [6, 6.07) is 6.95. The van der Waals surface area contributed by atoms with Gasteiger partial charge in [0.2, 0.25) is 12.7 Å². The maximum Gasteiger partial charge on any atom is 0.252 e. The Kier molecular flexibility index (Phi) is 4.24. The van der Waals surface area contributed by atoms with Crippen LogP contribution in [-0.4, -0.2) is 25.2 Å². The molecule has 1 aliphatic rings. The van der Waals surface area contributed by atoms with E-state index >= 15 is 0 Å². The number of rotatable bonds is 5. The quantitative estimate of drug-likeness (QED) is 0.886. The van der Waals surface area contributed by atoms with Crippen molar-refractivity contribution >= 4 is 28.8 Å². The van der Waals surface area contributed by atoms with Crippen LogP contribution in [0.15, 0.2) is 35.0 Å². The van der Waals surface area contributed by atoms with Gasteiger partial charge in [-0.1, -0.05) is 0 Å². The number of anilines is 1. The second-order valence-electron chi connectivity index (χ2n) is 4.63. The van der Waals surface area contributed by atoms with Gasteiger partial charge in [-0.15, -0.1) is 0 Å². The molecule has 0 atom stereocenters. The van der Waals surface area contributed by atoms with Crippen LogP contribution in [0.1, 0.15) is 16.8 Å². The number of carbonyl (C=O) groups excluding carboxylic acids is 2. The van der Waals surface area contributed by atoms with Crippen molar-refractivity contribution in [3.05, 3.63) is 40.6 Å². The molecule has 0 spiro atoms. The predicted molar refractivity (Wildman–Crippen MR) is 82.5 cm³/mol. The van der Waals surface area contributed by atoms with Crippen molar-refractivity contribution in [2.24, 2.45) is 0 Å². The van der Waals surface area contributed by atoms with Crippen LogP contribution in [0, 0.1) is 0 Å². The van der Waals surface area contributed by atoms with E-state index in [1.165, 1.54) is 11.3 Å². The Morgan fingerprint density at radius 3 is 2.86 bits per heavy atom. The first-order valence-corrected chi connectivity index (χ1v) is 7.66. The monoisotopic (exact) mass is 318 g/mol. The molecule has 0 radical (unpaired) electrons. The van der Waals surface area contributed by atoms with Crippen molar-refractivity contribution in [3.63, 3.8) is 0 Å². The van der Waals surface area contributed by atoms with Gasteiger partial charge in [-0.3, -0.25) is 9.59 Å². The lowest BCUT2D eigenvalue weighted by atomic mass is 10.2. The van der Waals surface area contributed by atoms with Crippen molar-refractivity contribution in [1.82, 2.24) is 5.32 Å². The molecule has 1 aromatic carbocycles. The van der Waals surface area contributed by atoms with E-state index in [1.54, 1.807) is 29.6 Å². The summed E-state index contributed by atoms with van der Waals surface area (Å²) in [5.41, 5.74) is 1.25. The van der Waals surface area contributed by atoms with Crippen molar-refractivity contribution in [1.29, 1.82) is 0 Å². The maximum absolute atomic E-state index is 11.8. The summed E-state index contributed by atoms with van der Waals surface area (Å²) in [5, 5.41) is 9.06. The highest BCUT2D eigenvalue weighted by molar-refractivity contribution is 7.08. The fourth-order valence-corrected chi connectivity index (χ4v) is 2.62. The van der Waals surface area contributed by atoms with E-state index in [9.17, 15) is 9.59 Å². The standard InChI is InChI=1S/C15H14N2O4S/c18-14(3-5-16-15(19)10-4-6-22-8-10)17-11-1-2-12-13(7-11)21-9-20-12/h1-2,4,6-8H,3,5,9H2,(H,16,19)(H,17,18). The fourth-order valence-electron chi connectivity index (χ4n) is 1.98. The molecule has 6 nitrogen and oxygen atoms in total. The lowest BCUT2D eigenvalue weighted by Crippen LogP contribution is -2.27. The predicted octanol–water partition coefficient (Wildman–Crippen LogP) is 2.24. The number of hydrogen-bond acceptors (Lipinski definition) is 5. The van der Waals surface area contributed by atoms with Crippen LogP contribution in [0.25, 0.3) is 0 Å². The molecule has 0 fully saturated rings. The third kappa shape index (κ3) is 3.37. The van der Waals surface area contributed by atoms with Gasteiger partial charge in [-0.2, -0.15) is 11.3 Å². The first-order valence-electron chi connectivity index (χ1n) is 6.72. The molecule has 0 saturated carbocycles. The van der Waals surface area contributed by atoms with Crippen molar-refractivity contribution in [2.75, 3.05) is 18.7 Å². The zero-order valence-corrected chi connectivity index (χ0v) is 12.4. The summed E-state index contributed by atoms with van der Waals surface area (Å²) in [4.78, 5) is 23.6. The van der Waals surface area contributed by atoms with Gasteiger partial charge < -0.3 is 20.1 Å². The minimum absolute atomic E-state index is 0.169. The highest BCUT2D eigenvalue weighted by Crippen LogP contribution is 2.34. The van der Waals surface area contributed by atoms with E-state index in [4.69, 9.17) is 9.47 Å². The molecule has 0 bridgehead atoms. The molecule has 2 aromatic rings. The maximum atomic E-state index is 11.8. The Hall–Kier alpha value is -2.54. The molecule has 7 heteroatoms. The number of benzene rings is 1. The molecule has 3 rings (SSSR count). The minimum Gasteiger partial charge on any atom is -0.454 e. The summed E-state index contributed by atoms with van der Waals surface area (Å²) in [6.07, 6.45) is 0.199. The highest BCUT2D eigenvalue weighted by atomic mass is 32.1. The Labute approximate surface area is 131 Å². The number of thiophene rings is 1. The van der Waals surface area contributed by atoms with E-state index in [0.717, 1.165) is 0 Å². The van der Waals surface area contributed by atoms with Gasteiger partial charge in [-0.05, 0) is 23.6 Å². The van der Waals surface area contributed by atoms with Crippen LogP contribution in [0.4, 0.5) is 5.69 Å². The summed E-state index contributed by atoms with van der Waals surface area (Å²) in [5.74, 6) is 0.936. The van der Waals surface area contributed by atoms with Gasteiger partial charge in [-0.25, -0.2) is 0 Å². The molecule has 2 amide bonds. The minimum atomic E-state index is -0.176. The van der Waals surface area contributed by atoms with Crippen LogP contribution >= 0.6 is 11.3 Å². The first-order chi connectivity index (χ1) is 10.7. The molecule has 1 aliphatic heterocycles. The highest BCUT2D eigenvalue weighted by Gasteiger charge is 2.14. The fraction of sp³-hybridized carbons (Fsp3) is 0.200. The second kappa shape index (κ2) is 6.48. The van der Waals surface area contributed by atoms with Gasteiger partial charge in [0.1, 0.15) is 0 Å². The number of nitrogens with one attached hydrogen (secondary N) is 2. The van der Waals surface area contributed by atoms with Gasteiger partial charge in [0.05, 0.1) is 0 Å². The molecule has 2 heterocycles. The smallest absolute Gasteiger partial charge is 0.252 e. The van der Waals surface area contributed by atoms with Gasteiger partial charge in [0.15, 0.2) is 11.5 Å². The molecule has 2 N–H and O–H groups in total. The number of fused-ring (bicyclic) bond motifs is 1. The normalized spacial score (nSPS) is 12.0. The SMILES string of the molecule is O=C(CCNC(=O)c1ccsc1)Nc1ccc2c(c1)OCO2. The van der Waals surface area contributed by atoms with Crippen molar-refractivity contribution in [2.45, 2.75) is 6.42 Å². The number of amides is 2. The second-order valence-corrected chi connectivity index (χ2v) is 5.41. The molecule has 0 unspecified atom stereocenters. The van der Waals surface area contributed by atoms with Crippen LogP contribution in [0.5, 0.6) is 11.5 Å². The molecule has 1 aromatic heterocycles. The summed E-state index contributed by atoms with van der Waals surface area (Å²) < 4.78 is 10.4. The molecular formula is C15H14N2O4S. The van der Waals surface area contributed by atoms with E-state index in [2.05, 4.69) is 10.6 Å². The number of carbonyl (C=O) groups is 2. The van der Waals surface area contributed by atoms with Crippen molar-refractivity contribution in [3.8, 4) is 11.5 Å². The number of ether oxygens (including phenoxy) is 2. The Morgan fingerprint density at radius 1 is 1.18 bits per heavy atom. The summed E-state index contributed by atoms with van der Waals surface area (Å²) >= 11 is 1.46. The molecule has 22 heavy (non-hydrogen) atoms. The summed E-state index contributed by atoms with van der Waals surface area (Å²) in [7, 11) is 0.